The van der Waals surface area contributed by atoms with Crippen molar-refractivity contribution >= 4 is 11.6 Å². The molecule has 1 aromatic rings. The van der Waals surface area contributed by atoms with Crippen molar-refractivity contribution in [3.63, 3.8) is 0 Å². The molecule has 1 aromatic carbocycles. The quantitative estimate of drug-likeness (QED) is 0.503. The zero-order valence-electron chi connectivity index (χ0n) is 16.7. The van der Waals surface area contributed by atoms with E-state index in [1.807, 2.05) is 45.0 Å². The van der Waals surface area contributed by atoms with Gasteiger partial charge in [-0.05, 0) is 50.6 Å². The third kappa shape index (κ3) is 12.4. The fourth-order valence-electron chi connectivity index (χ4n) is 2.09. The van der Waals surface area contributed by atoms with Gasteiger partial charge in [-0.2, -0.15) is 0 Å². The largest absolute Gasteiger partial charge is 0.385 e. The molecule has 0 heterocycles. The van der Waals surface area contributed by atoms with Crippen LogP contribution in [-0.2, 0) is 4.74 Å². The number of nitrogens with one attached hydrogen (secondary N) is 3. The van der Waals surface area contributed by atoms with E-state index in [0.717, 1.165) is 38.2 Å². The lowest BCUT2D eigenvalue weighted by Gasteiger charge is -2.09. The Morgan fingerprint density at radius 1 is 1.04 bits per heavy atom. The first-order valence-electron chi connectivity index (χ1n) is 9.56. The lowest BCUT2D eigenvalue weighted by molar-refractivity contribution is 0.0940. The molecule has 0 bridgehead atoms. The number of benzene rings is 1. The lowest BCUT2D eigenvalue weighted by atomic mass is 10.2. The molecule has 144 valence electrons. The van der Waals surface area contributed by atoms with E-state index in [0.29, 0.717) is 24.8 Å². The summed E-state index contributed by atoms with van der Waals surface area (Å²) in [6.45, 7) is 14.3. The van der Waals surface area contributed by atoms with Crippen LogP contribution in [0.15, 0.2) is 24.3 Å². The van der Waals surface area contributed by atoms with E-state index in [2.05, 4.69) is 29.8 Å². The van der Waals surface area contributed by atoms with Crippen molar-refractivity contribution < 1.29 is 9.53 Å². The van der Waals surface area contributed by atoms with E-state index < -0.39 is 0 Å². The number of hydrogen-bond acceptors (Lipinski definition) is 4. The molecule has 0 aliphatic rings. The summed E-state index contributed by atoms with van der Waals surface area (Å²) in [7, 11) is 0. The van der Waals surface area contributed by atoms with E-state index >= 15 is 0 Å². The van der Waals surface area contributed by atoms with Gasteiger partial charge in [0, 0.05) is 43.6 Å². The Balaban J connectivity index is 0.00000277. The molecule has 0 unspecified atom stereocenters. The maximum absolute atomic E-state index is 12.0. The average Bonchev–Trinajstić information content (AvgIpc) is 2.62. The molecule has 5 heteroatoms. The fraction of sp³-hybridized carbons (Fsp3) is 0.650. The van der Waals surface area contributed by atoms with Crippen molar-refractivity contribution in [2.75, 3.05) is 38.2 Å². The van der Waals surface area contributed by atoms with Crippen LogP contribution in [0.1, 0.15) is 57.8 Å². The van der Waals surface area contributed by atoms with Gasteiger partial charge in [0.1, 0.15) is 0 Å². The first kappa shape index (κ1) is 23.4. The highest BCUT2D eigenvalue weighted by Crippen LogP contribution is 2.08. The van der Waals surface area contributed by atoms with Gasteiger partial charge in [-0.25, -0.2) is 0 Å². The average molecular weight is 352 g/mol. The first-order chi connectivity index (χ1) is 12.1. The van der Waals surface area contributed by atoms with Crippen molar-refractivity contribution in [3.05, 3.63) is 29.8 Å². The van der Waals surface area contributed by atoms with Gasteiger partial charge in [-0.1, -0.05) is 27.7 Å². The van der Waals surface area contributed by atoms with Gasteiger partial charge in [-0.3, -0.25) is 4.79 Å². The summed E-state index contributed by atoms with van der Waals surface area (Å²) >= 11 is 0. The highest BCUT2D eigenvalue weighted by Gasteiger charge is 2.04. The van der Waals surface area contributed by atoms with Crippen LogP contribution in [0, 0.1) is 0 Å². The topological polar surface area (TPSA) is 62.4 Å². The number of carbonyl (C=O) groups is 1. The Bertz CT molecular complexity index is 433. The van der Waals surface area contributed by atoms with Gasteiger partial charge in [0.25, 0.3) is 5.91 Å². The number of ether oxygens (including phenoxy) is 1. The van der Waals surface area contributed by atoms with Gasteiger partial charge >= 0.3 is 0 Å². The molecule has 0 aliphatic carbocycles. The minimum Gasteiger partial charge on any atom is -0.385 e. The van der Waals surface area contributed by atoms with E-state index in [-0.39, 0.29) is 5.91 Å². The minimum absolute atomic E-state index is 0.0332. The molecule has 1 amide bonds. The normalized spacial score (nSPS) is 10.2. The first-order valence-corrected chi connectivity index (χ1v) is 9.56. The van der Waals surface area contributed by atoms with Crippen LogP contribution in [-0.4, -0.2) is 44.8 Å². The second-order valence-electron chi connectivity index (χ2n) is 5.79. The van der Waals surface area contributed by atoms with Crippen LogP contribution >= 0.6 is 0 Å². The summed E-state index contributed by atoms with van der Waals surface area (Å²) in [6, 6.07) is 8.05. The van der Waals surface area contributed by atoms with Crippen LogP contribution in [0.2, 0.25) is 0 Å². The molecule has 0 aliphatic heterocycles. The second-order valence-corrected chi connectivity index (χ2v) is 5.79. The highest BCUT2D eigenvalue weighted by atomic mass is 16.5. The molecule has 0 saturated carbocycles. The molecule has 0 saturated heterocycles. The molecular weight excluding hydrogens is 314 g/mol. The molecule has 0 radical (unpaired) electrons. The SMILES string of the molecule is CC.CCNc1ccc(C(=O)NCCCOCCCNC(C)C)cc1. The van der Waals surface area contributed by atoms with E-state index in [4.69, 9.17) is 4.74 Å². The molecule has 3 N–H and O–H groups in total. The molecule has 5 nitrogen and oxygen atoms in total. The molecule has 0 fully saturated rings. The summed E-state index contributed by atoms with van der Waals surface area (Å²) in [5.41, 5.74) is 1.72. The maximum atomic E-state index is 12.0. The highest BCUT2D eigenvalue weighted by molar-refractivity contribution is 5.94. The van der Waals surface area contributed by atoms with E-state index in [1.165, 1.54) is 0 Å². The molecule has 0 aromatic heterocycles. The molecule has 0 spiro atoms. The maximum Gasteiger partial charge on any atom is 0.251 e. The Labute approximate surface area is 153 Å². The third-order valence-electron chi connectivity index (χ3n) is 3.30. The Morgan fingerprint density at radius 2 is 1.64 bits per heavy atom. The summed E-state index contributed by atoms with van der Waals surface area (Å²) in [6.07, 6.45) is 1.85. The van der Waals surface area contributed by atoms with Crippen molar-refractivity contribution in [2.24, 2.45) is 0 Å². The van der Waals surface area contributed by atoms with Gasteiger partial charge in [0.05, 0.1) is 0 Å². The molecule has 1 rings (SSSR count). The number of hydrogen-bond donors (Lipinski definition) is 3. The molecule has 0 atom stereocenters. The van der Waals surface area contributed by atoms with Gasteiger partial charge in [0.15, 0.2) is 0 Å². The molecular formula is C20H37N3O2. The Kier molecular flexibility index (Phi) is 14.9. The van der Waals surface area contributed by atoms with Gasteiger partial charge in [-0.15, -0.1) is 0 Å². The van der Waals surface area contributed by atoms with Gasteiger partial charge < -0.3 is 20.7 Å². The van der Waals surface area contributed by atoms with E-state index in [9.17, 15) is 4.79 Å². The minimum atomic E-state index is -0.0332. The summed E-state index contributed by atoms with van der Waals surface area (Å²) < 4.78 is 5.55. The zero-order chi connectivity index (χ0) is 18.9. The molecule has 25 heavy (non-hydrogen) atoms. The Morgan fingerprint density at radius 3 is 2.20 bits per heavy atom. The summed E-state index contributed by atoms with van der Waals surface area (Å²) in [4.78, 5) is 12.0. The fourth-order valence-corrected chi connectivity index (χ4v) is 2.09. The van der Waals surface area contributed by atoms with Crippen LogP contribution in [0.5, 0.6) is 0 Å². The van der Waals surface area contributed by atoms with Crippen LogP contribution in [0.25, 0.3) is 0 Å². The zero-order valence-corrected chi connectivity index (χ0v) is 16.7. The van der Waals surface area contributed by atoms with Crippen molar-refractivity contribution in [3.8, 4) is 0 Å². The van der Waals surface area contributed by atoms with Crippen molar-refractivity contribution in [1.29, 1.82) is 0 Å². The van der Waals surface area contributed by atoms with Crippen LogP contribution in [0.3, 0.4) is 0 Å². The second kappa shape index (κ2) is 15.9. The van der Waals surface area contributed by atoms with Crippen molar-refractivity contribution in [1.82, 2.24) is 10.6 Å². The lowest BCUT2D eigenvalue weighted by Crippen LogP contribution is -2.26. The number of amides is 1. The number of carbonyl (C=O) groups excluding carboxylic acids is 1. The van der Waals surface area contributed by atoms with Crippen molar-refractivity contribution in [2.45, 2.75) is 53.5 Å². The number of rotatable bonds is 12. The standard InChI is InChI=1S/C18H31N3O2.C2H6/c1-4-19-17-9-7-16(8-10-17)18(22)21-12-6-14-23-13-5-11-20-15(2)3;1-2/h7-10,15,19-20H,4-6,11-14H2,1-3H3,(H,21,22);1-2H3. The monoisotopic (exact) mass is 351 g/mol. The third-order valence-corrected chi connectivity index (χ3v) is 3.30. The van der Waals surface area contributed by atoms with E-state index in [1.54, 1.807) is 0 Å². The predicted molar refractivity (Wildman–Crippen MR) is 107 cm³/mol. The number of anilines is 1. The summed E-state index contributed by atoms with van der Waals surface area (Å²) in [5, 5.41) is 9.47. The smallest absolute Gasteiger partial charge is 0.251 e. The van der Waals surface area contributed by atoms with Crippen LogP contribution < -0.4 is 16.0 Å². The van der Waals surface area contributed by atoms with Crippen LogP contribution in [0.4, 0.5) is 5.69 Å². The summed E-state index contributed by atoms with van der Waals surface area (Å²) in [5.74, 6) is -0.0332. The predicted octanol–water partition coefficient (Wildman–Crippen LogP) is 3.67. The Hall–Kier alpha value is -1.59. The van der Waals surface area contributed by atoms with Gasteiger partial charge in [0.2, 0.25) is 0 Å².